The third kappa shape index (κ3) is 3.00. The van der Waals surface area contributed by atoms with E-state index in [1.807, 2.05) is 30.3 Å². The molecule has 1 amide bonds. The Hall–Kier alpha value is -4.52. The van der Waals surface area contributed by atoms with Gasteiger partial charge in [-0.3, -0.25) is 9.69 Å². The Morgan fingerprint density at radius 3 is 2.29 bits per heavy atom. The zero-order chi connectivity index (χ0) is 21.5. The lowest BCUT2D eigenvalue weighted by molar-refractivity contribution is 0.0696. The molecule has 1 N–H and O–H groups in total. The second-order valence-electron chi connectivity index (χ2n) is 6.95. The maximum atomic E-state index is 13.1. The molecule has 2 heterocycles. The Morgan fingerprint density at radius 2 is 1.55 bits per heavy atom. The van der Waals surface area contributed by atoms with E-state index in [1.165, 1.54) is 17.0 Å². The summed E-state index contributed by atoms with van der Waals surface area (Å²) in [6.45, 7) is 4.10. The molecule has 0 saturated carbocycles. The number of hydrogen-bond acceptors (Lipinski definition) is 5. The molecule has 0 aliphatic carbocycles. The van der Waals surface area contributed by atoms with E-state index < -0.39 is 5.97 Å². The zero-order valence-corrected chi connectivity index (χ0v) is 16.1. The highest BCUT2D eigenvalue weighted by Crippen LogP contribution is 2.40. The topological polar surface area (TPSA) is 96.5 Å². The largest absolute Gasteiger partial charge is 0.478 e. The minimum absolute atomic E-state index is 0.120. The fraction of sp³-hybridized carbons (Fsp3) is 0. The van der Waals surface area contributed by atoms with E-state index in [-0.39, 0.29) is 23.3 Å². The molecule has 0 unspecified atom stereocenters. The van der Waals surface area contributed by atoms with Gasteiger partial charge in [-0.15, -0.1) is 10.2 Å². The molecule has 7 heteroatoms. The van der Waals surface area contributed by atoms with Crippen molar-refractivity contribution in [3.63, 3.8) is 0 Å². The second-order valence-corrected chi connectivity index (χ2v) is 6.95. The predicted octanol–water partition coefficient (Wildman–Crippen LogP) is 4.73. The highest BCUT2D eigenvalue weighted by Gasteiger charge is 2.33. The Morgan fingerprint density at radius 1 is 0.871 bits per heavy atom. The number of amides is 1. The van der Waals surface area contributed by atoms with Gasteiger partial charge in [0.2, 0.25) is 11.8 Å². The fourth-order valence-corrected chi connectivity index (χ4v) is 3.62. The number of nitrogens with zero attached hydrogens (tertiary/aromatic N) is 3. The number of aromatic nitrogens is 2. The molecule has 3 aromatic carbocycles. The number of carbonyl (C=O) groups excluding carboxylic acids is 1. The smallest absolute Gasteiger partial charge is 0.335 e. The number of carboxylic acid groups (broad SMARTS) is 1. The van der Waals surface area contributed by atoms with E-state index in [4.69, 9.17) is 4.42 Å². The Kier molecular flexibility index (Phi) is 4.22. The molecule has 4 aromatic rings. The molecule has 1 aliphatic rings. The summed E-state index contributed by atoms with van der Waals surface area (Å²) < 4.78 is 5.86. The summed E-state index contributed by atoms with van der Waals surface area (Å²) in [6.07, 6.45) is 0. The van der Waals surface area contributed by atoms with Crippen LogP contribution in [0, 0.1) is 0 Å². The predicted molar refractivity (Wildman–Crippen MR) is 114 cm³/mol. The quantitative estimate of drug-likeness (QED) is 0.523. The molecule has 0 saturated heterocycles. The molecule has 1 aromatic heterocycles. The molecule has 5 rings (SSSR count). The minimum atomic E-state index is -1.04. The summed E-state index contributed by atoms with van der Waals surface area (Å²) in [5.74, 6) is -0.829. The first-order valence-electron chi connectivity index (χ1n) is 9.44. The number of rotatable bonds is 4. The van der Waals surface area contributed by atoms with Gasteiger partial charge < -0.3 is 9.52 Å². The molecule has 0 atom stereocenters. The van der Waals surface area contributed by atoms with Crippen LogP contribution in [-0.2, 0) is 0 Å². The molecule has 1 aliphatic heterocycles. The first-order chi connectivity index (χ1) is 15.0. The first kappa shape index (κ1) is 18.5. The van der Waals surface area contributed by atoms with Crippen molar-refractivity contribution in [2.45, 2.75) is 0 Å². The number of para-hydroxylation sites is 1. The molecular formula is C24H15N3O4. The summed E-state index contributed by atoms with van der Waals surface area (Å²) in [7, 11) is 0. The molecule has 0 fully saturated rings. The van der Waals surface area contributed by atoms with Crippen molar-refractivity contribution in [2.75, 3.05) is 4.90 Å². The van der Waals surface area contributed by atoms with Crippen LogP contribution in [0.2, 0.25) is 0 Å². The van der Waals surface area contributed by atoms with Gasteiger partial charge in [0.25, 0.3) is 5.91 Å². The van der Waals surface area contributed by atoms with Gasteiger partial charge in [0.15, 0.2) is 0 Å². The molecular weight excluding hydrogens is 394 g/mol. The van der Waals surface area contributed by atoms with Gasteiger partial charge in [0.1, 0.15) is 0 Å². The molecule has 0 radical (unpaired) electrons. The van der Waals surface area contributed by atoms with E-state index in [0.29, 0.717) is 28.1 Å². The number of aromatic carboxylic acids is 1. The lowest BCUT2D eigenvalue weighted by Crippen LogP contribution is -2.22. The SMILES string of the molecule is C=C1c2ccccc2C(=O)N1c1ccccc1-c1nnc(-c2cccc(C(=O)O)c2)o1. The van der Waals surface area contributed by atoms with E-state index in [1.54, 1.807) is 30.3 Å². The lowest BCUT2D eigenvalue weighted by Gasteiger charge is -2.19. The van der Waals surface area contributed by atoms with Crippen LogP contribution in [0.5, 0.6) is 0 Å². The van der Waals surface area contributed by atoms with Gasteiger partial charge in [0.05, 0.1) is 22.5 Å². The van der Waals surface area contributed by atoms with Crippen molar-refractivity contribution in [2.24, 2.45) is 0 Å². The number of benzene rings is 3. The number of carboxylic acids is 1. The van der Waals surface area contributed by atoms with Crippen molar-refractivity contribution in [3.8, 4) is 22.9 Å². The average Bonchev–Trinajstić information content (AvgIpc) is 3.38. The summed E-state index contributed by atoms with van der Waals surface area (Å²) in [6, 6.07) is 20.8. The van der Waals surface area contributed by atoms with Crippen molar-refractivity contribution >= 4 is 23.3 Å². The Labute approximate surface area is 176 Å². The highest BCUT2D eigenvalue weighted by atomic mass is 16.4. The molecule has 0 spiro atoms. The summed E-state index contributed by atoms with van der Waals surface area (Å²) in [4.78, 5) is 25.8. The van der Waals surface area contributed by atoms with Crippen molar-refractivity contribution in [3.05, 3.63) is 96.1 Å². The summed E-state index contributed by atoms with van der Waals surface area (Å²) >= 11 is 0. The van der Waals surface area contributed by atoms with Gasteiger partial charge in [0, 0.05) is 16.7 Å². The van der Waals surface area contributed by atoms with Crippen molar-refractivity contribution in [1.29, 1.82) is 0 Å². The maximum absolute atomic E-state index is 13.1. The lowest BCUT2D eigenvalue weighted by atomic mass is 10.1. The molecule has 7 nitrogen and oxygen atoms in total. The van der Waals surface area contributed by atoms with E-state index >= 15 is 0 Å². The van der Waals surface area contributed by atoms with Crippen LogP contribution in [0.4, 0.5) is 5.69 Å². The van der Waals surface area contributed by atoms with Crippen molar-refractivity contribution < 1.29 is 19.1 Å². The van der Waals surface area contributed by atoms with Crippen LogP contribution in [0.25, 0.3) is 28.6 Å². The van der Waals surface area contributed by atoms with Crippen LogP contribution in [-0.4, -0.2) is 27.2 Å². The Balaban J connectivity index is 1.56. The van der Waals surface area contributed by atoms with E-state index in [9.17, 15) is 14.7 Å². The molecule has 150 valence electrons. The zero-order valence-electron chi connectivity index (χ0n) is 16.1. The number of anilines is 1. The Bertz CT molecular complexity index is 1340. The van der Waals surface area contributed by atoms with Crippen LogP contribution in [0.15, 0.2) is 83.8 Å². The first-order valence-corrected chi connectivity index (χ1v) is 9.44. The maximum Gasteiger partial charge on any atom is 0.335 e. The minimum Gasteiger partial charge on any atom is -0.478 e. The number of hydrogen-bond donors (Lipinski definition) is 1. The molecule has 31 heavy (non-hydrogen) atoms. The van der Waals surface area contributed by atoms with E-state index in [2.05, 4.69) is 16.8 Å². The van der Waals surface area contributed by atoms with Crippen LogP contribution in [0.3, 0.4) is 0 Å². The highest BCUT2D eigenvalue weighted by molar-refractivity contribution is 6.23. The monoisotopic (exact) mass is 409 g/mol. The standard InChI is InChI=1S/C24H15N3O4/c1-14-17-9-2-3-10-18(17)23(28)27(14)20-12-5-4-11-19(20)22-26-25-21(31-22)15-7-6-8-16(13-15)24(29)30/h2-13H,1H2,(H,29,30). The van der Waals surface area contributed by atoms with E-state index in [0.717, 1.165) is 5.56 Å². The van der Waals surface area contributed by atoms with Crippen LogP contribution in [0.1, 0.15) is 26.3 Å². The third-order valence-corrected chi connectivity index (χ3v) is 5.10. The molecule has 0 bridgehead atoms. The number of carbonyl (C=O) groups is 2. The van der Waals surface area contributed by atoms with Gasteiger partial charge in [-0.1, -0.05) is 43.0 Å². The van der Waals surface area contributed by atoms with Crippen LogP contribution >= 0.6 is 0 Å². The third-order valence-electron chi connectivity index (χ3n) is 5.10. The van der Waals surface area contributed by atoms with Gasteiger partial charge >= 0.3 is 5.97 Å². The second kappa shape index (κ2) is 7.07. The van der Waals surface area contributed by atoms with Gasteiger partial charge in [-0.2, -0.15) is 0 Å². The normalized spacial score (nSPS) is 12.8. The fourth-order valence-electron chi connectivity index (χ4n) is 3.62. The van der Waals surface area contributed by atoms with Crippen LogP contribution < -0.4 is 4.90 Å². The van der Waals surface area contributed by atoms with Crippen molar-refractivity contribution in [1.82, 2.24) is 10.2 Å². The summed E-state index contributed by atoms with van der Waals surface area (Å²) in [5.41, 5.74) is 3.68. The average molecular weight is 409 g/mol. The number of fused-ring (bicyclic) bond motifs is 1. The van der Waals surface area contributed by atoms with Gasteiger partial charge in [-0.25, -0.2) is 4.79 Å². The summed E-state index contributed by atoms with van der Waals surface area (Å²) in [5, 5.41) is 17.4. The van der Waals surface area contributed by atoms with Gasteiger partial charge in [-0.05, 0) is 36.4 Å².